The van der Waals surface area contributed by atoms with E-state index in [1.165, 1.54) is 10.6 Å². The van der Waals surface area contributed by atoms with E-state index < -0.39 is 5.91 Å². The molecule has 0 aliphatic carbocycles. The summed E-state index contributed by atoms with van der Waals surface area (Å²) in [4.78, 5) is 19.2. The number of aliphatic imine (C=N–C) groups is 1. The fourth-order valence-electron chi connectivity index (χ4n) is 2.19. The van der Waals surface area contributed by atoms with Crippen LogP contribution in [0.15, 0.2) is 52.4 Å². The molecule has 0 aliphatic rings. The van der Waals surface area contributed by atoms with Gasteiger partial charge < -0.3 is 16.0 Å². The summed E-state index contributed by atoms with van der Waals surface area (Å²) in [5.41, 5.74) is 8.37. The molecule has 0 atom stereocenters. The number of primary amides is 1. The lowest BCUT2D eigenvalue weighted by Gasteiger charge is -2.12. The number of nitrogens with zero attached hydrogens (tertiary/aromatic N) is 2. The summed E-state index contributed by atoms with van der Waals surface area (Å²) in [5.74, 6) is 0.226. The van der Waals surface area contributed by atoms with Crippen LogP contribution in [0.2, 0.25) is 0 Å². The van der Waals surface area contributed by atoms with Crippen LogP contribution in [0.4, 0.5) is 17.1 Å². The second-order valence-electron chi connectivity index (χ2n) is 5.33. The highest BCUT2D eigenvalue weighted by Gasteiger charge is 2.10. The SMILES string of the molecule is CNc1cccc(C(N)=O)c1N=CCSc1ccc(N(C)C)cc1. The summed E-state index contributed by atoms with van der Waals surface area (Å²) < 4.78 is 0. The van der Waals surface area contributed by atoms with Crippen molar-refractivity contribution in [1.29, 1.82) is 0 Å². The van der Waals surface area contributed by atoms with Gasteiger partial charge in [-0.1, -0.05) is 6.07 Å². The maximum absolute atomic E-state index is 11.5. The van der Waals surface area contributed by atoms with Crippen molar-refractivity contribution in [1.82, 2.24) is 0 Å². The van der Waals surface area contributed by atoms with Crippen molar-refractivity contribution in [2.45, 2.75) is 4.90 Å². The minimum absolute atomic E-state index is 0.415. The highest BCUT2D eigenvalue weighted by Crippen LogP contribution is 2.29. The average Bonchev–Trinajstić information content (AvgIpc) is 2.58. The van der Waals surface area contributed by atoms with Crippen LogP contribution in [0.5, 0.6) is 0 Å². The topological polar surface area (TPSA) is 70.7 Å². The Labute approximate surface area is 147 Å². The Morgan fingerprint density at radius 1 is 1.25 bits per heavy atom. The van der Waals surface area contributed by atoms with E-state index in [-0.39, 0.29) is 0 Å². The number of amides is 1. The number of nitrogens with one attached hydrogen (secondary N) is 1. The molecule has 0 aromatic heterocycles. The predicted octanol–water partition coefficient (Wildman–Crippen LogP) is 3.39. The standard InChI is InChI=1S/C18H22N4OS/c1-20-16-6-4-5-15(18(19)23)17(16)21-11-12-24-14-9-7-13(8-10-14)22(2)3/h4-11,20H,12H2,1-3H3,(H2,19,23). The third kappa shape index (κ3) is 4.52. The fraction of sp³-hybridized carbons (Fsp3) is 0.222. The first-order valence-electron chi connectivity index (χ1n) is 7.56. The van der Waals surface area contributed by atoms with Crippen molar-refractivity contribution >= 4 is 40.9 Å². The van der Waals surface area contributed by atoms with E-state index in [9.17, 15) is 4.79 Å². The Bertz CT molecular complexity index is 726. The summed E-state index contributed by atoms with van der Waals surface area (Å²) in [5, 5.41) is 3.03. The molecule has 6 heteroatoms. The smallest absolute Gasteiger partial charge is 0.250 e. The maximum atomic E-state index is 11.5. The quantitative estimate of drug-likeness (QED) is 0.598. The van der Waals surface area contributed by atoms with Crippen LogP contribution in [0.1, 0.15) is 10.4 Å². The van der Waals surface area contributed by atoms with Crippen LogP contribution in [0, 0.1) is 0 Å². The van der Waals surface area contributed by atoms with Gasteiger partial charge in [-0.3, -0.25) is 9.79 Å². The molecule has 3 N–H and O–H groups in total. The summed E-state index contributed by atoms with van der Waals surface area (Å²) >= 11 is 1.68. The van der Waals surface area contributed by atoms with E-state index >= 15 is 0 Å². The van der Waals surface area contributed by atoms with E-state index in [0.717, 1.165) is 5.69 Å². The Hall–Kier alpha value is -2.47. The van der Waals surface area contributed by atoms with Crippen molar-refractivity contribution in [3.8, 4) is 0 Å². The molecular weight excluding hydrogens is 320 g/mol. The van der Waals surface area contributed by atoms with Gasteiger partial charge >= 0.3 is 0 Å². The van der Waals surface area contributed by atoms with Gasteiger partial charge in [0.25, 0.3) is 5.91 Å². The molecule has 0 aliphatic heterocycles. The van der Waals surface area contributed by atoms with Gasteiger partial charge in [0.1, 0.15) is 0 Å². The van der Waals surface area contributed by atoms with Crippen LogP contribution >= 0.6 is 11.8 Å². The first-order valence-corrected chi connectivity index (χ1v) is 8.54. The Kier molecular flexibility index (Phi) is 6.26. The van der Waals surface area contributed by atoms with Gasteiger partial charge in [0, 0.05) is 43.7 Å². The van der Waals surface area contributed by atoms with E-state index in [4.69, 9.17) is 5.73 Å². The number of para-hydroxylation sites is 1. The highest BCUT2D eigenvalue weighted by atomic mass is 32.2. The fourth-order valence-corrected chi connectivity index (χ4v) is 2.86. The summed E-state index contributed by atoms with van der Waals surface area (Å²) in [6.45, 7) is 0. The predicted molar refractivity (Wildman–Crippen MR) is 104 cm³/mol. The monoisotopic (exact) mass is 342 g/mol. The van der Waals surface area contributed by atoms with E-state index in [0.29, 0.717) is 17.0 Å². The van der Waals surface area contributed by atoms with Gasteiger partial charge in [-0.05, 0) is 36.4 Å². The zero-order valence-electron chi connectivity index (χ0n) is 14.1. The lowest BCUT2D eigenvalue weighted by Crippen LogP contribution is -2.11. The average molecular weight is 342 g/mol. The molecule has 5 nitrogen and oxygen atoms in total. The minimum Gasteiger partial charge on any atom is -0.386 e. The van der Waals surface area contributed by atoms with E-state index in [1.807, 2.05) is 20.2 Å². The van der Waals surface area contributed by atoms with Crippen LogP contribution < -0.4 is 16.0 Å². The molecule has 2 rings (SSSR count). The number of thioether (sulfide) groups is 1. The molecule has 0 fully saturated rings. The van der Waals surface area contributed by atoms with Crippen molar-refractivity contribution in [2.24, 2.45) is 10.7 Å². The lowest BCUT2D eigenvalue weighted by molar-refractivity contribution is 0.100. The number of carbonyl (C=O) groups excluding carboxylic acids is 1. The molecule has 0 radical (unpaired) electrons. The highest BCUT2D eigenvalue weighted by molar-refractivity contribution is 7.99. The number of benzene rings is 2. The Morgan fingerprint density at radius 3 is 2.54 bits per heavy atom. The third-order valence-electron chi connectivity index (χ3n) is 3.47. The Morgan fingerprint density at radius 2 is 1.96 bits per heavy atom. The van der Waals surface area contributed by atoms with Crippen LogP contribution in [0.3, 0.4) is 0 Å². The minimum atomic E-state index is -0.480. The maximum Gasteiger partial charge on any atom is 0.250 e. The molecule has 0 bridgehead atoms. The molecular formula is C18H22N4OS. The van der Waals surface area contributed by atoms with Gasteiger partial charge in [0.05, 0.1) is 16.9 Å². The number of anilines is 2. The lowest BCUT2D eigenvalue weighted by atomic mass is 10.1. The zero-order chi connectivity index (χ0) is 17.5. The molecule has 0 heterocycles. The molecule has 24 heavy (non-hydrogen) atoms. The van der Waals surface area contributed by atoms with Gasteiger partial charge in [-0.25, -0.2) is 0 Å². The normalized spacial score (nSPS) is 10.8. The van der Waals surface area contributed by atoms with Gasteiger partial charge in [-0.2, -0.15) is 0 Å². The first kappa shape index (κ1) is 17.9. The largest absolute Gasteiger partial charge is 0.386 e. The molecule has 0 spiro atoms. The van der Waals surface area contributed by atoms with Crippen molar-refractivity contribution in [3.05, 3.63) is 48.0 Å². The van der Waals surface area contributed by atoms with Gasteiger partial charge in [0.2, 0.25) is 0 Å². The number of hydrogen-bond acceptors (Lipinski definition) is 5. The first-order chi connectivity index (χ1) is 11.5. The number of rotatable bonds is 7. The van der Waals surface area contributed by atoms with Crippen LogP contribution in [-0.4, -0.2) is 39.0 Å². The molecule has 0 saturated heterocycles. The summed E-state index contributed by atoms with van der Waals surface area (Å²) in [7, 11) is 5.83. The van der Waals surface area contributed by atoms with Crippen molar-refractivity contribution in [3.63, 3.8) is 0 Å². The number of nitrogens with two attached hydrogens (primary N) is 1. The molecule has 0 unspecified atom stereocenters. The van der Waals surface area contributed by atoms with Crippen molar-refractivity contribution in [2.75, 3.05) is 37.1 Å². The molecule has 2 aromatic rings. The van der Waals surface area contributed by atoms with E-state index in [1.54, 1.807) is 37.2 Å². The molecule has 126 valence electrons. The molecule has 0 saturated carbocycles. The van der Waals surface area contributed by atoms with E-state index in [2.05, 4.69) is 39.5 Å². The van der Waals surface area contributed by atoms with Gasteiger partial charge in [-0.15, -0.1) is 11.8 Å². The summed E-state index contributed by atoms with van der Waals surface area (Å²) in [6, 6.07) is 13.7. The van der Waals surface area contributed by atoms with Crippen molar-refractivity contribution < 1.29 is 4.79 Å². The summed E-state index contributed by atoms with van der Waals surface area (Å²) in [6.07, 6.45) is 1.80. The second kappa shape index (κ2) is 8.40. The third-order valence-corrected chi connectivity index (χ3v) is 4.39. The van der Waals surface area contributed by atoms with Crippen LogP contribution in [0.25, 0.3) is 0 Å². The van der Waals surface area contributed by atoms with Crippen LogP contribution in [-0.2, 0) is 0 Å². The zero-order valence-corrected chi connectivity index (χ0v) is 14.9. The second-order valence-corrected chi connectivity index (χ2v) is 6.42. The molecule has 2 aromatic carbocycles. The number of hydrogen-bond donors (Lipinski definition) is 2. The molecule has 1 amide bonds. The van der Waals surface area contributed by atoms with Gasteiger partial charge in [0.15, 0.2) is 0 Å². The Balaban J connectivity index is 2.05. The number of carbonyl (C=O) groups is 1.